The highest BCUT2D eigenvalue weighted by Gasteiger charge is 2.18. The van der Waals surface area contributed by atoms with E-state index in [9.17, 15) is 18.4 Å². The number of hydrogen-bond acceptors (Lipinski definition) is 5. The van der Waals surface area contributed by atoms with E-state index in [4.69, 9.17) is 9.47 Å². The van der Waals surface area contributed by atoms with Crippen LogP contribution in [0.1, 0.15) is 33.8 Å². The number of benzene rings is 2. The molecule has 3 rings (SSSR count). The summed E-state index contributed by atoms with van der Waals surface area (Å²) in [5.74, 6) is -0.150. The van der Waals surface area contributed by atoms with E-state index in [-0.39, 0.29) is 34.8 Å². The average molecular weight is 498 g/mol. The normalized spacial score (nSPS) is 10.6. The second-order valence-electron chi connectivity index (χ2n) is 8.17. The van der Waals surface area contributed by atoms with Crippen molar-refractivity contribution in [2.45, 2.75) is 12.8 Å². The molecule has 36 heavy (non-hydrogen) atoms. The maximum Gasteiger partial charge on any atom is 0.272 e. The molecule has 7 nitrogen and oxygen atoms in total. The Labute approximate surface area is 209 Å². The summed E-state index contributed by atoms with van der Waals surface area (Å²) >= 11 is 0. The molecule has 0 bridgehead atoms. The van der Waals surface area contributed by atoms with Crippen molar-refractivity contribution in [3.63, 3.8) is 0 Å². The number of amides is 2. The van der Waals surface area contributed by atoms with Gasteiger partial charge in [0.1, 0.15) is 34.5 Å². The third-order valence-electron chi connectivity index (χ3n) is 5.32. The molecule has 0 aliphatic rings. The Bertz CT molecular complexity index is 1050. The molecular formula is C27H29F2N3O4. The monoisotopic (exact) mass is 497 g/mol. The first-order valence-electron chi connectivity index (χ1n) is 11.6. The van der Waals surface area contributed by atoms with E-state index >= 15 is 0 Å². The highest BCUT2D eigenvalue weighted by Crippen LogP contribution is 2.13. The number of nitrogens with zero attached hydrogens (tertiary/aromatic N) is 3. The Morgan fingerprint density at radius 3 is 1.47 bits per heavy atom. The van der Waals surface area contributed by atoms with Crippen LogP contribution < -0.4 is 9.47 Å². The van der Waals surface area contributed by atoms with Crippen molar-refractivity contribution in [3.05, 3.63) is 89.8 Å². The van der Waals surface area contributed by atoms with Gasteiger partial charge in [0.2, 0.25) is 0 Å². The predicted octanol–water partition coefficient (Wildman–Crippen LogP) is 4.44. The van der Waals surface area contributed by atoms with Gasteiger partial charge in [-0.05, 0) is 73.5 Å². The Kier molecular flexibility index (Phi) is 9.73. The van der Waals surface area contributed by atoms with Crippen LogP contribution in [0, 0.1) is 11.6 Å². The molecular weight excluding hydrogens is 468 g/mol. The van der Waals surface area contributed by atoms with Crippen LogP contribution in [0.15, 0.2) is 66.7 Å². The van der Waals surface area contributed by atoms with Gasteiger partial charge in [0.15, 0.2) is 0 Å². The number of rotatable bonds is 12. The van der Waals surface area contributed by atoms with E-state index in [0.717, 1.165) is 0 Å². The number of pyridine rings is 1. The molecule has 1 aromatic heterocycles. The van der Waals surface area contributed by atoms with E-state index < -0.39 is 0 Å². The predicted molar refractivity (Wildman–Crippen MR) is 131 cm³/mol. The first-order valence-corrected chi connectivity index (χ1v) is 11.6. The van der Waals surface area contributed by atoms with Gasteiger partial charge in [-0.15, -0.1) is 0 Å². The number of ether oxygens (including phenoxy) is 2. The third kappa shape index (κ3) is 8.04. The molecule has 0 atom stereocenters. The maximum absolute atomic E-state index is 12.9. The molecule has 1 heterocycles. The lowest BCUT2D eigenvalue weighted by atomic mass is 10.2. The van der Waals surface area contributed by atoms with Gasteiger partial charge < -0.3 is 19.3 Å². The highest BCUT2D eigenvalue weighted by molar-refractivity contribution is 5.96. The number of aromatic nitrogens is 1. The minimum atomic E-state index is -0.331. The quantitative estimate of drug-likeness (QED) is 0.346. The van der Waals surface area contributed by atoms with Crippen molar-refractivity contribution >= 4 is 11.8 Å². The topological polar surface area (TPSA) is 72.0 Å². The van der Waals surface area contributed by atoms with E-state index in [1.165, 1.54) is 34.1 Å². The van der Waals surface area contributed by atoms with E-state index in [2.05, 4.69) is 4.98 Å². The van der Waals surface area contributed by atoms with Gasteiger partial charge in [0, 0.05) is 27.2 Å². The maximum atomic E-state index is 12.9. The van der Waals surface area contributed by atoms with Crippen LogP contribution in [0.5, 0.6) is 11.5 Å². The van der Waals surface area contributed by atoms with Gasteiger partial charge in [-0.3, -0.25) is 9.59 Å². The molecule has 0 spiro atoms. The van der Waals surface area contributed by atoms with Crippen LogP contribution in [-0.4, -0.2) is 67.0 Å². The van der Waals surface area contributed by atoms with Crippen LogP contribution >= 0.6 is 0 Å². The average Bonchev–Trinajstić information content (AvgIpc) is 2.90. The lowest BCUT2D eigenvalue weighted by Crippen LogP contribution is -2.32. The fourth-order valence-electron chi connectivity index (χ4n) is 3.31. The summed E-state index contributed by atoms with van der Waals surface area (Å²) in [7, 11) is 3.31. The third-order valence-corrected chi connectivity index (χ3v) is 5.32. The summed E-state index contributed by atoms with van der Waals surface area (Å²) in [6.45, 7) is 1.58. The fraction of sp³-hybridized carbons (Fsp3) is 0.296. The van der Waals surface area contributed by atoms with Gasteiger partial charge in [-0.25, -0.2) is 13.8 Å². The number of carbonyl (C=O) groups is 2. The van der Waals surface area contributed by atoms with Gasteiger partial charge in [-0.2, -0.15) is 0 Å². The lowest BCUT2D eigenvalue weighted by molar-refractivity contribution is 0.0775. The molecule has 0 saturated heterocycles. The minimum Gasteiger partial charge on any atom is -0.494 e. The molecule has 9 heteroatoms. The molecule has 3 aromatic rings. The second kappa shape index (κ2) is 13.2. The number of halogens is 2. The molecule has 0 saturated carbocycles. The molecule has 2 aromatic carbocycles. The Morgan fingerprint density at radius 2 is 1.08 bits per heavy atom. The molecule has 0 unspecified atom stereocenters. The van der Waals surface area contributed by atoms with Crippen LogP contribution in [0.2, 0.25) is 0 Å². The Hall–Kier alpha value is -4.01. The summed E-state index contributed by atoms with van der Waals surface area (Å²) in [6.07, 6.45) is 1.14. The zero-order valence-corrected chi connectivity index (χ0v) is 20.3. The zero-order chi connectivity index (χ0) is 25.9. The smallest absolute Gasteiger partial charge is 0.272 e. The largest absolute Gasteiger partial charge is 0.494 e. The van der Waals surface area contributed by atoms with Gasteiger partial charge in [0.25, 0.3) is 11.8 Å². The second-order valence-corrected chi connectivity index (χ2v) is 8.17. The standard InChI is InChI=1S/C27H29F2N3O4/c1-31(16-4-18-35-22-12-8-20(28)9-13-22)26(33)24-6-3-7-25(30-24)27(34)32(2)17-5-19-36-23-14-10-21(29)11-15-23/h3,6-15H,4-5,16-19H2,1-2H3. The summed E-state index contributed by atoms with van der Waals surface area (Å²) < 4.78 is 37.0. The molecule has 0 N–H and O–H groups in total. The number of carbonyl (C=O) groups excluding carboxylic acids is 2. The first-order chi connectivity index (χ1) is 17.3. The van der Waals surface area contributed by atoms with Gasteiger partial charge >= 0.3 is 0 Å². The number of hydrogen-bond donors (Lipinski definition) is 0. The highest BCUT2D eigenvalue weighted by atomic mass is 19.1. The van der Waals surface area contributed by atoms with Crippen molar-refractivity contribution in [2.75, 3.05) is 40.4 Å². The molecule has 0 aliphatic carbocycles. The fourth-order valence-corrected chi connectivity index (χ4v) is 3.31. The van der Waals surface area contributed by atoms with Crippen molar-refractivity contribution in [3.8, 4) is 11.5 Å². The molecule has 2 amide bonds. The molecule has 0 aliphatic heterocycles. The lowest BCUT2D eigenvalue weighted by Gasteiger charge is -2.19. The van der Waals surface area contributed by atoms with Crippen LogP contribution in [0.4, 0.5) is 8.78 Å². The van der Waals surface area contributed by atoms with E-state index in [1.54, 1.807) is 56.6 Å². The van der Waals surface area contributed by atoms with Crippen LogP contribution in [-0.2, 0) is 0 Å². The van der Waals surface area contributed by atoms with Gasteiger partial charge in [0.05, 0.1) is 13.2 Å². The van der Waals surface area contributed by atoms with E-state index in [1.807, 2.05) is 0 Å². The zero-order valence-electron chi connectivity index (χ0n) is 20.3. The van der Waals surface area contributed by atoms with Crippen molar-refractivity contribution in [1.82, 2.24) is 14.8 Å². The Morgan fingerprint density at radius 1 is 0.694 bits per heavy atom. The SMILES string of the molecule is CN(CCCOc1ccc(F)cc1)C(=O)c1cccc(C(=O)N(C)CCCOc2ccc(F)cc2)n1. The Balaban J connectivity index is 1.43. The van der Waals surface area contributed by atoms with Crippen LogP contribution in [0.3, 0.4) is 0 Å². The summed E-state index contributed by atoms with van der Waals surface area (Å²) in [6, 6.07) is 16.3. The first kappa shape index (κ1) is 26.6. The molecule has 190 valence electrons. The van der Waals surface area contributed by atoms with Crippen molar-refractivity contribution in [1.29, 1.82) is 0 Å². The summed E-state index contributed by atoms with van der Waals surface area (Å²) in [4.78, 5) is 32.8. The molecule has 0 radical (unpaired) electrons. The van der Waals surface area contributed by atoms with Crippen molar-refractivity contribution < 1.29 is 27.8 Å². The van der Waals surface area contributed by atoms with Crippen molar-refractivity contribution in [2.24, 2.45) is 0 Å². The summed E-state index contributed by atoms with van der Waals surface area (Å²) in [5, 5.41) is 0. The molecule has 0 fully saturated rings. The summed E-state index contributed by atoms with van der Waals surface area (Å²) in [5.41, 5.74) is 0.353. The minimum absolute atomic E-state index is 0.177. The van der Waals surface area contributed by atoms with Crippen LogP contribution in [0.25, 0.3) is 0 Å². The van der Waals surface area contributed by atoms with Gasteiger partial charge in [-0.1, -0.05) is 6.07 Å². The van der Waals surface area contributed by atoms with E-state index in [0.29, 0.717) is 50.6 Å².